The first-order chi connectivity index (χ1) is 3.79. The molecule has 0 fully saturated rings. The number of rotatable bonds is 0. The van der Waals surface area contributed by atoms with E-state index in [4.69, 9.17) is 5.11 Å². The Hall–Kier alpha value is -1.19. The van der Waals surface area contributed by atoms with E-state index >= 15 is 0 Å². The number of ether oxygens (including phenoxy) is 2. The highest BCUT2D eigenvalue weighted by molar-refractivity contribution is 5.82. The summed E-state index contributed by atoms with van der Waals surface area (Å²) in [6, 6.07) is 0. The van der Waals surface area contributed by atoms with Crippen molar-refractivity contribution in [3.63, 3.8) is 0 Å². The van der Waals surface area contributed by atoms with Gasteiger partial charge in [-0.15, -0.1) is 0 Å². The fourth-order valence-electron chi connectivity index (χ4n) is 0.290. The lowest BCUT2D eigenvalue weighted by atomic mass is 10.6. The fourth-order valence-corrected chi connectivity index (χ4v) is 0.290. The average Bonchev–Trinajstić information content (AvgIpc) is 1.64. The van der Waals surface area contributed by atoms with Gasteiger partial charge in [0, 0.05) is 0 Å². The number of hydrogen-bond donors (Lipinski definition) is 1. The molecule has 0 spiro atoms. The van der Waals surface area contributed by atoms with Gasteiger partial charge in [0.15, 0.2) is 0 Å². The molecule has 0 unspecified atom stereocenters. The van der Waals surface area contributed by atoms with Gasteiger partial charge in [-0.1, -0.05) is 0 Å². The first kappa shape index (κ1) is 4.96. The highest BCUT2D eigenvalue weighted by Gasteiger charge is 2.09. The summed E-state index contributed by atoms with van der Waals surface area (Å²) in [5.74, 6) is -1.07. The summed E-state index contributed by atoms with van der Waals surface area (Å²) in [4.78, 5) is 10.1. The Balaban J connectivity index is 2.64. The Morgan fingerprint density at radius 1 is 1.50 bits per heavy atom. The maximum Gasteiger partial charge on any atom is 0.341 e. The van der Waals surface area contributed by atoms with Crippen LogP contribution < -0.4 is 0 Å². The van der Waals surface area contributed by atoms with E-state index < -0.39 is 11.9 Å². The van der Waals surface area contributed by atoms with Crippen LogP contribution in [0.1, 0.15) is 0 Å². The Labute approximate surface area is 45.3 Å². The zero-order valence-corrected chi connectivity index (χ0v) is 3.83. The van der Waals surface area contributed by atoms with Gasteiger partial charge in [-0.05, 0) is 0 Å². The minimum atomic E-state index is -0.631. The molecular weight excluding hydrogens is 112 g/mol. The second-order valence-electron chi connectivity index (χ2n) is 1.13. The van der Waals surface area contributed by atoms with Crippen molar-refractivity contribution in [2.45, 2.75) is 0 Å². The molecule has 1 aliphatic heterocycles. The van der Waals surface area contributed by atoms with E-state index in [-0.39, 0.29) is 0 Å². The fraction of sp³-hybridized carbons (Fsp3) is 0. The number of hydrogen-bond acceptors (Lipinski definition) is 4. The van der Waals surface area contributed by atoms with E-state index in [1.807, 2.05) is 0 Å². The number of carbonyl (C=O) groups is 1. The Morgan fingerprint density at radius 2 is 2.25 bits per heavy atom. The molecule has 8 heavy (non-hydrogen) atoms. The molecule has 4 nitrogen and oxygen atoms in total. The maximum absolute atomic E-state index is 10.1. The summed E-state index contributed by atoms with van der Waals surface area (Å²) in [5.41, 5.74) is 0. The van der Waals surface area contributed by atoms with Crippen molar-refractivity contribution in [3.8, 4) is 0 Å². The van der Waals surface area contributed by atoms with Crippen LogP contribution in [0.25, 0.3) is 0 Å². The van der Waals surface area contributed by atoms with Crippen LogP contribution >= 0.6 is 0 Å². The van der Waals surface area contributed by atoms with Crippen LogP contribution in [-0.2, 0) is 14.3 Å². The van der Waals surface area contributed by atoms with Gasteiger partial charge in [-0.2, -0.15) is 0 Å². The van der Waals surface area contributed by atoms with Crippen molar-refractivity contribution in [2.75, 3.05) is 0 Å². The molecule has 0 aromatic carbocycles. The van der Waals surface area contributed by atoms with Gasteiger partial charge in [0.2, 0.25) is 0 Å². The quantitative estimate of drug-likeness (QED) is 0.454. The molecule has 0 bridgehead atoms. The third kappa shape index (κ3) is 0.900. The van der Waals surface area contributed by atoms with Crippen LogP contribution in [0.2, 0.25) is 0 Å². The average molecular weight is 115 g/mol. The molecule has 1 rings (SSSR count). The first-order valence-electron chi connectivity index (χ1n) is 1.88. The van der Waals surface area contributed by atoms with Crippen LogP contribution in [0, 0.1) is 6.79 Å². The molecule has 0 saturated carbocycles. The lowest BCUT2D eigenvalue weighted by Crippen LogP contribution is -2.08. The molecule has 1 radical (unpaired) electrons. The molecule has 0 atom stereocenters. The van der Waals surface area contributed by atoms with Crippen molar-refractivity contribution in [2.24, 2.45) is 0 Å². The number of esters is 1. The topological polar surface area (TPSA) is 55.8 Å². The summed E-state index contributed by atoms with van der Waals surface area (Å²) in [5, 5.41) is 8.39. The van der Waals surface area contributed by atoms with E-state index in [1.54, 1.807) is 0 Å². The second-order valence-corrected chi connectivity index (χ2v) is 1.13. The van der Waals surface area contributed by atoms with Crippen LogP contribution in [0.4, 0.5) is 0 Å². The van der Waals surface area contributed by atoms with Gasteiger partial charge in [0.1, 0.15) is 6.08 Å². The Bertz CT molecular complexity index is 137. The zero-order valence-electron chi connectivity index (χ0n) is 3.83. The smallest absolute Gasteiger partial charge is 0.341 e. The third-order valence-electron chi connectivity index (χ3n) is 0.574. The predicted octanol–water partition coefficient (Wildman–Crippen LogP) is 0.0785. The normalized spacial score (nSPS) is 18.5. The summed E-state index contributed by atoms with van der Waals surface area (Å²) in [6.07, 6.45) is 0.833. The minimum Gasteiger partial charge on any atom is -0.481 e. The lowest BCUT2D eigenvalue weighted by Gasteiger charge is -2.06. The molecule has 43 valence electrons. The molecule has 1 N–H and O–H groups in total. The SMILES string of the molecule is O=C1C=C(O)O[CH]O1. The highest BCUT2D eigenvalue weighted by atomic mass is 16.7. The van der Waals surface area contributed by atoms with Gasteiger partial charge in [-0.25, -0.2) is 4.79 Å². The zero-order chi connectivity index (χ0) is 5.98. The summed E-state index contributed by atoms with van der Waals surface area (Å²) < 4.78 is 8.32. The van der Waals surface area contributed by atoms with E-state index in [1.165, 1.54) is 0 Å². The van der Waals surface area contributed by atoms with Gasteiger partial charge in [0.25, 0.3) is 5.95 Å². The molecule has 0 amide bonds. The summed E-state index contributed by atoms with van der Waals surface area (Å²) in [6.45, 7) is 0.762. The van der Waals surface area contributed by atoms with E-state index in [0.29, 0.717) is 0 Å². The molecular formula is C4H3O4. The number of aliphatic hydroxyl groups is 1. The lowest BCUT2D eigenvalue weighted by molar-refractivity contribution is -0.144. The van der Waals surface area contributed by atoms with Gasteiger partial charge in [-0.3, -0.25) is 0 Å². The molecule has 0 saturated heterocycles. The van der Waals surface area contributed by atoms with Crippen LogP contribution in [0.5, 0.6) is 0 Å². The van der Waals surface area contributed by atoms with Crippen LogP contribution in [-0.4, -0.2) is 11.1 Å². The van der Waals surface area contributed by atoms with Crippen molar-refractivity contribution in [1.29, 1.82) is 0 Å². The molecule has 1 aliphatic rings. The Morgan fingerprint density at radius 3 is 2.62 bits per heavy atom. The second kappa shape index (κ2) is 1.73. The molecule has 0 aliphatic carbocycles. The third-order valence-corrected chi connectivity index (χ3v) is 0.574. The maximum atomic E-state index is 10.1. The monoisotopic (exact) mass is 115 g/mol. The van der Waals surface area contributed by atoms with E-state index in [0.717, 1.165) is 12.9 Å². The number of carbonyl (C=O) groups excluding carboxylic acids is 1. The largest absolute Gasteiger partial charge is 0.481 e. The van der Waals surface area contributed by atoms with Crippen molar-refractivity contribution in [1.82, 2.24) is 0 Å². The van der Waals surface area contributed by atoms with Crippen molar-refractivity contribution < 1.29 is 19.4 Å². The molecule has 1 heterocycles. The summed E-state index contributed by atoms with van der Waals surface area (Å²) >= 11 is 0. The summed E-state index contributed by atoms with van der Waals surface area (Å²) in [7, 11) is 0. The van der Waals surface area contributed by atoms with Gasteiger partial charge in [0.05, 0.1) is 0 Å². The van der Waals surface area contributed by atoms with Crippen LogP contribution in [0.3, 0.4) is 0 Å². The van der Waals surface area contributed by atoms with Crippen molar-refractivity contribution >= 4 is 5.97 Å². The molecule has 0 aromatic rings. The van der Waals surface area contributed by atoms with Gasteiger partial charge < -0.3 is 14.6 Å². The molecule has 0 aromatic heterocycles. The standard InChI is InChI=1S/C4H3O4/c5-3-1-4(6)8-2-7-3/h1-2,5H. The van der Waals surface area contributed by atoms with Crippen LogP contribution in [0.15, 0.2) is 12.0 Å². The molecule has 4 heteroatoms. The van der Waals surface area contributed by atoms with Crippen molar-refractivity contribution in [3.05, 3.63) is 18.8 Å². The van der Waals surface area contributed by atoms with E-state index in [2.05, 4.69) is 9.47 Å². The van der Waals surface area contributed by atoms with Gasteiger partial charge >= 0.3 is 12.8 Å². The number of cyclic esters (lactones) is 1. The number of aliphatic hydroxyl groups excluding tert-OH is 1. The predicted molar refractivity (Wildman–Crippen MR) is 22.2 cm³/mol. The first-order valence-corrected chi connectivity index (χ1v) is 1.88. The highest BCUT2D eigenvalue weighted by Crippen LogP contribution is 2.03. The Kier molecular flexibility index (Phi) is 1.07. The minimum absolute atomic E-state index is 0.443. The van der Waals surface area contributed by atoms with E-state index in [9.17, 15) is 4.79 Å².